The first-order valence-corrected chi connectivity index (χ1v) is 15.9. The van der Waals surface area contributed by atoms with E-state index in [2.05, 4.69) is 49.6 Å². The number of nitrogens with two attached hydrogens (primary N) is 3. The molecule has 0 unspecified atom stereocenters. The van der Waals surface area contributed by atoms with Crippen molar-refractivity contribution in [2.45, 2.75) is 70.0 Å². The number of carbonyl (C=O) groups is 3. The van der Waals surface area contributed by atoms with Gasteiger partial charge in [-0.05, 0) is 42.9 Å². The van der Waals surface area contributed by atoms with Gasteiger partial charge in [-0.3, -0.25) is 14.6 Å². The lowest BCUT2D eigenvalue weighted by molar-refractivity contribution is -0.145. The molecule has 4 rings (SSSR count). The van der Waals surface area contributed by atoms with Crippen molar-refractivity contribution in [1.82, 2.24) is 25.6 Å². The second kappa shape index (κ2) is 20.0. The summed E-state index contributed by atoms with van der Waals surface area (Å²) in [5, 5.41) is 6.47. The van der Waals surface area contributed by atoms with Crippen LogP contribution in [0.4, 0.5) is 0 Å². The lowest BCUT2D eigenvalue weighted by Crippen LogP contribution is -2.55. The van der Waals surface area contributed by atoms with Gasteiger partial charge < -0.3 is 42.5 Å². The Morgan fingerprint density at radius 2 is 1.67 bits per heavy atom. The van der Waals surface area contributed by atoms with E-state index >= 15 is 0 Å². The number of aliphatic imine (C=N–C) groups is 1. The molecule has 266 valence electrons. The highest BCUT2D eigenvalue weighted by Crippen LogP contribution is 2.20. The highest BCUT2D eigenvalue weighted by atomic mass is 35.5. The number of aromatic nitrogens is 3. The lowest BCUT2D eigenvalue weighted by Gasteiger charge is -2.23. The fourth-order valence-corrected chi connectivity index (χ4v) is 5.32. The zero-order chi connectivity index (χ0) is 33.8. The van der Waals surface area contributed by atoms with Crippen LogP contribution in [0.3, 0.4) is 0 Å². The Morgan fingerprint density at radius 3 is 2.37 bits per heavy atom. The van der Waals surface area contributed by atoms with E-state index < -0.39 is 35.9 Å². The van der Waals surface area contributed by atoms with E-state index in [4.69, 9.17) is 21.9 Å². The molecule has 0 aliphatic carbocycles. The number of para-hydroxylation sites is 1. The number of fused-ring (bicyclic) bond motifs is 1. The number of methoxy groups -OCH3 is 1. The minimum absolute atomic E-state index is 0. The monoisotopic (exact) mass is 715 g/mol. The summed E-state index contributed by atoms with van der Waals surface area (Å²) in [5.74, 6) is -1.09. The van der Waals surface area contributed by atoms with Crippen molar-refractivity contribution >= 4 is 59.5 Å². The van der Waals surface area contributed by atoms with Crippen LogP contribution in [0.5, 0.6) is 0 Å². The molecule has 3 atom stereocenters. The quantitative estimate of drug-likeness (QED) is 0.0372. The van der Waals surface area contributed by atoms with Crippen molar-refractivity contribution in [3.63, 3.8) is 0 Å². The smallest absolute Gasteiger partial charge is 0.328 e. The van der Waals surface area contributed by atoms with E-state index in [9.17, 15) is 14.4 Å². The molecule has 0 radical (unpaired) electrons. The first-order chi connectivity index (χ1) is 22.7. The maximum atomic E-state index is 13.7. The number of hydrogen-bond donors (Lipinski definition) is 7. The number of carbonyl (C=O) groups excluding carboxylic acids is 3. The van der Waals surface area contributed by atoms with Gasteiger partial charge in [-0.1, -0.05) is 55.8 Å². The third-order valence-corrected chi connectivity index (χ3v) is 7.93. The van der Waals surface area contributed by atoms with Gasteiger partial charge in [0.25, 0.3) is 0 Å². The highest BCUT2D eigenvalue weighted by Gasteiger charge is 2.29. The van der Waals surface area contributed by atoms with Gasteiger partial charge >= 0.3 is 5.97 Å². The third-order valence-electron chi connectivity index (χ3n) is 7.93. The average molecular weight is 717 g/mol. The summed E-state index contributed by atoms with van der Waals surface area (Å²) in [5.41, 5.74) is 21.7. The van der Waals surface area contributed by atoms with Gasteiger partial charge in [-0.15, -0.1) is 24.8 Å². The van der Waals surface area contributed by atoms with Crippen LogP contribution in [0.25, 0.3) is 22.3 Å². The number of aryl methyl sites for hydroxylation is 1. The molecule has 2 amide bonds. The standard InChI is InChI=1S/C34H45N9O4.2ClH/c1-3-4-8-21-12-14-22(15-13-21)30-40-20-24(41-30)18-26(35)31(44)43-29(17-23-19-39-27-10-6-5-9-25(23)27)32(45)42-28(33(46)47-2)11-7-16-38-34(36)37;;/h5-6,9-10,12-15,19-20,26,28-29,39H,3-4,7-8,11,16-18,35H2,1-2H3,(H,40,41)(H,42,45)(H,43,44)(H4,36,37,38);2*1H/t26-,28-,29-;;/m0../s1. The lowest BCUT2D eigenvalue weighted by atomic mass is 10.0. The number of hydrogen-bond acceptors (Lipinski definition) is 7. The number of ether oxygens (including phenoxy) is 1. The molecule has 0 bridgehead atoms. The number of rotatable bonds is 17. The van der Waals surface area contributed by atoms with Crippen LogP contribution >= 0.6 is 24.8 Å². The number of benzene rings is 2. The molecule has 13 nitrogen and oxygen atoms in total. The first-order valence-electron chi connectivity index (χ1n) is 15.9. The predicted molar refractivity (Wildman–Crippen MR) is 197 cm³/mol. The van der Waals surface area contributed by atoms with Crippen LogP contribution in [-0.4, -0.2) is 70.5 Å². The average Bonchev–Trinajstić information content (AvgIpc) is 3.71. The van der Waals surface area contributed by atoms with Crippen molar-refractivity contribution in [2.75, 3.05) is 13.7 Å². The second-order valence-corrected chi connectivity index (χ2v) is 11.5. The summed E-state index contributed by atoms with van der Waals surface area (Å²) in [6.07, 6.45) is 7.74. The SMILES string of the molecule is CCCCc1ccc(-c2ncc(C[C@H](N)C(=O)N[C@@H](Cc3c[nH]c4ccccc34)C(=O)N[C@@H](CCCN=C(N)N)C(=O)OC)[nH]2)cc1.Cl.Cl. The largest absolute Gasteiger partial charge is 0.467 e. The van der Waals surface area contributed by atoms with Crippen LogP contribution in [0.15, 0.2) is 65.9 Å². The van der Waals surface area contributed by atoms with Gasteiger partial charge in [0, 0.05) is 53.9 Å². The summed E-state index contributed by atoms with van der Waals surface area (Å²) in [6, 6.07) is 12.9. The number of halogens is 2. The maximum Gasteiger partial charge on any atom is 0.328 e. The number of nitrogens with one attached hydrogen (secondary N) is 4. The fourth-order valence-electron chi connectivity index (χ4n) is 5.32. The van der Waals surface area contributed by atoms with Crippen LogP contribution in [0.2, 0.25) is 0 Å². The number of H-pyrrole nitrogens is 2. The molecule has 0 saturated heterocycles. The van der Waals surface area contributed by atoms with E-state index in [0.29, 0.717) is 17.9 Å². The van der Waals surface area contributed by atoms with Crippen molar-refractivity contribution in [3.05, 3.63) is 77.7 Å². The van der Waals surface area contributed by atoms with Gasteiger partial charge in [-0.25, -0.2) is 9.78 Å². The van der Waals surface area contributed by atoms with Crippen molar-refractivity contribution in [2.24, 2.45) is 22.2 Å². The summed E-state index contributed by atoms with van der Waals surface area (Å²) in [6.45, 7) is 2.44. The van der Waals surface area contributed by atoms with Crippen molar-refractivity contribution < 1.29 is 19.1 Å². The number of unbranched alkanes of at least 4 members (excludes halogenated alkanes) is 1. The molecular formula is C34H47Cl2N9O4. The normalized spacial score (nSPS) is 12.5. The maximum absolute atomic E-state index is 13.7. The highest BCUT2D eigenvalue weighted by molar-refractivity contribution is 5.93. The molecule has 0 fully saturated rings. The zero-order valence-corrected chi connectivity index (χ0v) is 29.4. The molecule has 49 heavy (non-hydrogen) atoms. The van der Waals surface area contributed by atoms with E-state index in [1.54, 1.807) is 12.4 Å². The predicted octanol–water partition coefficient (Wildman–Crippen LogP) is 3.05. The van der Waals surface area contributed by atoms with Crippen molar-refractivity contribution in [1.29, 1.82) is 0 Å². The van der Waals surface area contributed by atoms with Gasteiger partial charge in [0.05, 0.1) is 13.2 Å². The number of esters is 1. The number of guanidine groups is 1. The van der Waals surface area contributed by atoms with E-state index in [0.717, 1.165) is 41.3 Å². The van der Waals surface area contributed by atoms with Crippen LogP contribution in [-0.2, 0) is 38.4 Å². The van der Waals surface area contributed by atoms with Gasteiger partial charge in [0.1, 0.15) is 17.9 Å². The van der Waals surface area contributed by atoms with E-state index in [1.807, 2.05) is 36.4 Å². The molecule has 15 heteroatoms. The summed E-state index contributed by atoms with van der Waals surface area (Å²) < 4.78 is 4.91. The zero-order valence-electron chi connectivity index (χ0n) is 27.7. The number of nitrogens with zero attached hydrogens (tertiary/aromatic N) is 2. The third kappa shape index (κ3) is 11.8. The van der Waals surface area contributed by atoms with Gasteiger partial charge in [0.15, 0.2) is 5.96 Å². The van der Waals surface area contributed by atoms with Gasteiger partial charge in [-0.2, -0.15) is 0 Å². The second-order valence-electron chi connectivity index (χ2n) is 11.5. The van der Waals surface area contributed by atoms with Gasteiger partial charge in [0.2, 0.25) is 11.8 Å². The molecule has 4 aromatic rings. The van der Waals surface area contributed by atoms with Crippen LogP contribution < -0.4 is 27.8 Å². The number of aromatic amines is 2. The molecule has 2 heterocycles. The Labute approximate surface area is 298 Å². The van der Waals surface area contributed by atoms with E-state index in [-0.39, 0.29) is 56.6 Å². The summed E-state index contributed by atoms with van der Waals surface area (Å²) >= 11 is 0. The van der Waals surface area contributed by atoms with Crippen LogP contribution in [0, 0.1) is 0 Å². The Bertz CT molecular complexity index is 1670. The summed E-state index contributed by atoms with van der Waals surface area (Å²) in [7, 11) is 1.24. The number of imidazole rings is 1. The van der Waals surface area contributed by atoms with Crippen LogP contribution in [0.1, 0.15) is 49.4 Å². The molecule has 2 aromatic carbocycles. The molecular weight excluding hydrogens is 669 g/mol. The Kier molecular flexibility index (Phi) is 16.6. The molecule has 0 saturated carbocycles. The minimum atomic E-state index is -1.04. The van der Waals surface area contributed by atoms with E-state index in [1.165, 1.54) is 12.7 Å². The summed E-state index contributed by atoms with van der Waals surface area (Å²) in [4.78, 5) is 54.5. The van der Waals surface area contributed by atoms with Crippen molar-refractivity contribution in [3.8, 4) is 11.4 Å². The minimum Gasteiger partial charge on any atom is -0.467 e. The Balaban J connectivity index is 0.00000417. The molecule has 2 aromatic heterocycles. The molecule has 0 spiro atoms. The molecule has 0 aliphatic rings. The topological polar surface area (TPSA) is 219 Å². The number of amides is 2. The Hall–Kier alpha value is -4.59. The molecule has 10 N–H and O–H groups in total. The molecule has 0 aliphatic heterocycles. The fraction of sp³-hybridized carbons (Fsp3) is 0.382. The first kappa shape index (κ1) is 40.6. The Morgan fingerprint density at radius 1 is 0.959 bits per heavy atom.